The van der Waals surface area contributed by atoms with Gasteiger partial charge in [0.15, 0.2) is 0 Å². The minimum atomic E-state index is -3.60. The molecule has 0 aliphatic carbocycles. The van der Waals surface area contributed by atoms with Gasteiger partial charge in [0.05, 0.1) is 11.0 Å². The Balaban J connectivity index is 1.60. The van der Waals surface area contributed by atoms with Crippen molar-refractivity contribution in [3.63, 3.8) is 0 Å². The lowest BCUT2D eigenvalue weighted by Crippen LogP contribution is -2.31. The van der Waals surface area contributed by atoms with Crippen LogP contribution in [0, 0.1) is 0 Å². The first-order chi connectivity index (χ1) is 13.4. The van der Waals surface area contributed by atoms with E-state index in [2.05, 4.69) is 10.0 Å². The summed E-state index contributed by atoms with van der Waals surface area (Å²) in [4.78, 5) is 12.5. The summed E-state index contributed by atoms with van der Waals surface area (Å²) in [6.07, 6.45) is 3.55. The van der Waals surface area contributed by atoms with Crippen molar-refractivity contribution in [3.05, 3.63) is 65.7 Å². The van der Waals surface area contributed by atoms with Crippen LogP contribution in [0.2, 0.25) is 0 Å². The van der Waals surface area contributed by atoms with Crippen LogP contribution in [0.3, 0.4) is 0 Å². The van der Waals surface area contributed by atoms with Crippen LogP contribution < -0.4 is 10.0 Å². The SMILES string of the molecule is C/C(=C\c1ccccc1)C(=O)Nc1ccc(S(=O)(=O)NCC2CCCO2)cc1. The zero-order chi connectivity index (χ0) is 20.0. The lowest BCUT2D eigenvalue weighted by Gasteiger charge is -2.12. The van der Waals surface area contributed by atoms with Crippen molar-refractivity contribution in [2.75, 3.05) is 18.5 Å². The van der Waals surface area contributed by atoms with Crippen molar-refractivity contribution in [3.8, 4) is 0 Å². The van der Waals surface area contributed by atoms with Gasteiger partial charge in [-0.05, 0) is 55.7 Å². The first-order valence-electron chi connectivity index (χ1n) is 9.20. The van der Waals surface area contributed by atoms with E-state index in [1.165, 1.54) is 12.1 Å². The number of sulfonamides is 1. The molecule has 3 rings (SSSR count). The van der Waals surface area contributed by atoms with Crippen LogP contribution in [-0.2, 0) is 19.6 Å². The number of hydrogen-bond donors (Lipinski definition) is 2. The van der Waals surface area contributed by atoms with Gasteiger partial charge in [-0.1, -0.05) is 30.3 Å². The van der Waals surface area contributed by atoms with Crippen LogP contribution >= 0.6 is 0 Å². The highest BCUT2D eigenvalue weighted by Gasteiger charge is 2.20. The summed E-state index contributed by atoms with van der Waals surface area (Å²) < 4.78 is 32.7. The van der Waals surface area contributed by atoms with Gasteiger partial charge in [0, 0.05) is 24.4 Å². The number of anilines is 1. The quantitative estimate of drug-likeness (QED) is 0.699. The predicted octanol–water partition coefficient (Wildman–Crippen LogP) is 3.19. The molecule has 0 saturated carbocycles. The maximum atomic E-state index is 12.4. The van der Waals surface area contributed by atoms with Crippen molar-refractivity contribution in [1.82, 2.24) is 4.72 Å². The van der Waals surface area contributed by atoms with Crippen LogP contribution in [-0.4, -0.2) is 33.6 Å². The fourth-order valence-electron chi connectivity index (χ4n) is 2.90. The van der Waals surface area contributed by atoms with Crippen LogP contribution in [0.5, 0.6) is 0 Å². The minimum Gasteiger partial charge on any atom is -0.377 e. The topological polar surface area (TPSA) is 84.5 Å². The molecule has 1 fully saturated rings. The molecule has 1 saturated heterocycles. The van der Waals surface area contributed by atoms with E-state index >= 15 is 0 Å². The highest BCUT2D eigenvalue weighted by Crippen LogP contribution is 2.17. The molecule has 6 nitrogen and oxygen atoms in total. The lowest BCUT2D eigenvalue weighted by atomic mass is 10.1. The molecule has 0 bridgehead atoms. The van der Waals surface area contributed by atoms with Gasteiger partial charge in [-0.25, -0.2) is 13.1 Å². The molecule has 2 N–H and O–H groups in total. The summed E-state index contributed by atoms with van der Waals surface area (Å²) in [6, 6.07) is 15.7. The second-order valence-electron chi connectivity index (χ2n) is 6.70. The summed E-state index contributed by atoms with van der Waals surface area (Å²) in [7, 11) is -3.60. The molecule has 0 radical (unpaired) electrons. The Kier molecular flexibility index (Phi) is 6.61. The van der Waals surface area contributed by atoms with Crippen molar-refractivity contribution in [2.24, 2.45) is 0 Å². The van der Waals surface area contributed by atoms with Gasteiger partial charge < -0.3 is 10.1 Å². The van der Waals surface area contributed by atoms with Crippen molar-refractivity contribution >= 4 is 27.7 Å². The maximum absolute atomic E-state index is 12.4. The average Bonchev–Trinajstić information content (AvgIpc) is 3.21. The van der Waals surface area contributed by atoms with Gasteiger partial charge in [-0.15, -0.1) is 0 Å². The highest BCUT2D eigenvalue weighted by molar-refractivity contribution is 7.89. The molecule has 2 aromatic carbocycles. The monoisotopic (exact) mass is 400 g/mol. The molecule has 1 heterocycles. The number of ether oxygens (including phenoxy) is 1. The second-order valence-corrected chi connectivity index (χ2v) is 8.47. The second kappa shape index (κ2) is 9.14. The Morgan fingerprint density at radius 1 is 1.14 bits per heavy atom. The number of amides is 1. The molecule has 1 aliphatic heterocycles. The molecule has 28 heavy (non-hydrogen) atoms. The number of benzene rings is 2. The van der Waals surface area contributed by atoms with Crippen molar-refractivity contribution in [2.45, 2.75) is 30.8 Å². The zero-order valence-electron chi connectivity index (χ0n) is 15.7. The van der Waals surface area contributed by atoms with Gasteiger partial charge in [0.2, 0.25) is 10.0 Å². The van der Waals surface area contributed by atoms with Gasteiger partial charge >= 0.3 is 0 Å². The summed E-state index contributed by atoms with van der Waals surface area (Å²) in [5, 5.41) is 2.77. The first kappa shape index (κ1) is 20.3. The van der Waals surface area contributed by atoms with Crippen molar-refractivity contribution < 1.29 is 17.9 Å². The molecule has 7 heteroatoms. The Hall–Kier alpha value is -2.48. The van der Waals surface area contributed by atoms with Crippen LogP contribution in [0.15, 0.2) is 65.1 Å². The van der Waals surface area contributed by atoms with Crippen LogP contribution in [0.4, 0.5) is 5.69 Å². The standard InChI is InChI=1S/C21H24N2O4S/c1-16(14-17-6-3-2-4-7-17)21(24)23-18-9-11-20(12-10-18)28(25,26)22-15-19-8-5-13-27-19/h2-4,6-7,9-12,14,19,22H,5,8,13,15H2,1H3,(H,23,24)/b16-14+. The number of rotatable bonds is 7. The summed E-state index contributed by atoms with van der Waals surface area (Å²) in [5.41, 5.74) is 2.03. The summed E-state index contributed by atoms with van der Waals surface area (Å²) in [6.45, 7) is 2.68. The number of hydrogen-bond acceptors (Lipinski definition) is 4. The Morgan fingerprint density at radius 3 is 2.50 bits per heavy atom. The number of nitrogens with one attached hydrogen (secondary N) is 2. The van der Waals surface area contributed by atoms with E-state index in [0.29, 0.717) is 17.9 Å². The predicted molar refractivity (Wildman–Crippen MR) is 109 cm³/mol. The molecule has 148 valence electrons. The third-order valence-electron chi connectivity index (χ3n) is 4.49. The third-order valence-corrected chi connectivity index (χ3v) is 5.93. The molecule has 1 atom stereocenters. The number of carbonyl (C=O) groups is 1. The fraction of sp³-hybridized carbons (Fsp3) is 0.286. The van der Waals surface area contributed by atoms with Gasteiger partial charge in [0.1, 0.15) is 0 Å². The lowest BCUT2D eigenvalue weighted by molar-refractivity contribution is -0.112. The molecule has 1 aliphatic rings. The Morgan fingerprint density at radius 2 is 1.86 bits per heavy atom. The zero-order valence-corrected chi connectivity index (χ0v) is 16.5. The van der Waals surface area contributed by atoms with Gasteiger partial charge in [-0.3, -0.25) is 4.79 Å². The smallest absolute Gasteiger partial charge is 0.251 e. The first-order valence-corrected chi connectivity index (χ1v) is 10.7. The average molecular weight is 401 g/mol. The maximum Gasteiger partial charge on any atom is 0.251 e. The van der Waals surface area contributed by atoms with E-state index in [4.69, 9.17) is 4.74 Å². The molecule has 2 aromatic rings. The van der Waals surface area contributed by atoms with E-state index < -0.39 is 10.0 Å². The normalized spacial score (nSPS) is 17.5. The Labute approximate surface area is 165 Å². The molecule has 0 spiro atoms. The fourth-order valence-corrected chi connectivity index (χ4v) is 3.97. The largest absolute Gasteiger partial charge is 0.377 e. The van der Waals surface area contributed by atoms with E-state index in [1.54, 1.807) is 25.1 Å². The minimum absolute atomic E-state index is 0.0623. The van der Waals surface area contributed by atoms with E-state index in [1.807, 2.05) is 30.3 Å². The Bertz CT molecular complexity index is 932. The van der Waals surface area contributed by atoms with Gasteiger partial charge in [0.25, 0.3) is 5.91 Å². The van der Waals surface area contributed by atoms with Crippen LogP contribution in [0.25, 0.3) is 6.08 Å². The molecular weight excluding hydrogens is 376 g/mol. The number of carbonyl (C=O) groups excluding carboxylic acids is 1. The van der Waals surface area contributed by atoms with Crippen LogP contribution in [0.1, 0.15) is 25.3 Å². The summed E-state index contributed by atoms with van der Waals surface area (Å²) >= 11 is 0. The van der Waals surface area contributed by atoms with E-state index in [-0.39, 0.29) is 23.5 Å². The highest BCUT2D eigenvalue weighted by atomic mass is 32.2. The summed E-state index contributed by atoms with van der Waals surface area (Å²) in [5.74, 6) is -0.240. The van der Waals surface area contributed by atoms with Gasteiger partial charge in [-0.2, -0.15) is 0 Å². The molecule has 1 amide bonds. The van der Waals surface area contributed by atoms with E-state index in [0.717, 1.165) is 18.4 Å². The molecule has 1 unspecified atom stereocenters. The van der Waals surface area contributed by atoms with E-state index in [9.17, 15) is 13.2 Å². The van der Waals surface area contributed by atoms with Crippen molar-refractivity contribution in [1.29, 1.82) is 0 Å². The third kappa shape index (κ3) is 5.51. The molecule has 0 aromatic heterocycles. The molecular formula is C21H24N2O4S.